The summed E-state index contributed by atoms with van der Waals surface area (Å²) in [6, 6.07) is 9.50. The van der Waals surface area contributed by atoms with Gasteiger partial charge in [-0.2, -0.15) is 0 Å². The fourth-order valence-electron chi connectivity index (χ4n) is 5.22. The summed E-state index contributed by atoms with van der Waals surface area (Å²) in [6.07, 6.45) is 0.668. The van der Waals surface area contributed by atoms with Crippen molar-refractivity contribution in [1.29, 1.82) is 0 Å². The van der Waals surface area contributed by atoms with Gasteiger partial charge in [0.2, 0.25) is 0 Å². The first-order chi connectivity index (χ1) is 19.0. The molecule has 39 heavy (non-hydrogen) atoms. The second-order valence-electron chi connectivity index (χ2n) is 9.50. The van der Waals surface area contributed by atoms with Crippen LogP contribution in [0.3, 0.4) is 0 Å². The van der Waals surface area contributed by atoms with Crippen LogP contribution in [0.5, 0.6) is 23.0 Å². The number of hydrogen-bond donors (Lipinski definition) is 1. The zero-order valence-corrected chi connectivity index (χ0v) is 22.3. The first-order valence-corrected chi connectivity index (χ1v) is 13.3. The van der Waals surface area contributed by atoms with Crippen LogP contribution in [0.1, 0.15) is 30.5 Å². The molecule has 0 unspecified atom stereocenters. The van der Waals surface area contributed by atoms with Crippen molar-refractivity contribution >= 4 is 17.4 Å². The number of methoxy groups -OCH3 is 1. The first kappa shape index (κ1) is 26.8. The summed E-state index contributed by atoms with van der Waals surface area (Å²) >= 11 is 0. The number of benzene rings is 2. The molecule has 2 aromatic rings. The van der Waals surface area contributed by atoms with Gasteiger partial charge in [0, 0.05) is 31.7 Å². The van der Waals surface area contributed by atoms with Gasteiger partial charge in [0.05, 0.1) is 38.5 Å². The molecule has 0 aromatic heterocycles. The van der Waals surface area contributed by atoms with Gasteiger partial charge in [0.25, 0.3) is 11.7 Å². The Bertz CT molecular complexity index is 1250. The van der Waals surface area contributed by atoms with Gasteiger partial charge in [-0.3, -0.25) is 14.5 Å². The second kappa shape index (κ2) is 12.0. The largest absolute Gasteiger partial charge is 0.507 e. The van der Waals surface area contributed by atoms with E-state index < -0.39 is 17.7 Å². The van der Waals surface area contributed by atoms with Gasteiger partial charge in [-0.15, -0.1) is 0 Å². The number of aliphatic hydroxyl groups excluding tert-OH is 1. The van der Waals surface area contributed by atoms with Crippen LogP contribution < -0.4 is 18.9 Å². The molecule has 0 aliphatic carbocycles. The Morgan fingerprint density at radius 3 is 2.49 bits per heavy atom. The SMILES string of the molecule is CCOc1ccc([C@@H]2/C(=C(\O)c3ccc4c(c3)OCCO4)C(=O)C(=O)N2CCCN2CCOCC2)cc1OC. The van der Waals surface area contributed by atoms with E-state index in [0.717, 1.165) is 19.6 Å². The lowest BCUT2D eigenvalue weighted by molar-refractivity contribution is -0.140. The Balaban J connectivity index is 1.52. The molecule has 0 radical (unpaired) electrons. The number of fused-ring (bicyclic) bond motifs is 1. The van der Waals surface area contributed by atoms with E-state index in [4.69, 9.17) is 23.7 Å². The molecule has 10 nitrogen and oxygen atoms in total. The highest BCUT2D eigenvalue weighted by molar-refractivity contribution is 6.46. The maximum Gasteiger partial charge on any atom is 0.295 e. The number of ether oxygens (including phenoxy) is 5. The third-order valence-electron chi connectivity index (χ3n) is 7.14. The predicted octanol–water partition coefficient (Wildman–Crippen LogP) is 3.01. The van der Waals surface area contributed by atoms with E-state index in [0.29, 0.717) is 80.1 Å². The number of ketones is 1. The van der Waals surface area contributed by atoms with E-state index in [1.807, 2.05) is 6.92 Å². The molecule has 3 heterocycles. The summed E-state index contributed by atoms with van der Waals surface area (Å²) < 4.78 is 27.9. The number of carbonyl (C=O) groups excluding carboxylic acids is 2. The molecule has 1 atom stereocenters. The minimum atomic E-state index is -0.799. The lowest BCUT2D eigenvalue weighted by Crippen LogP contribution is -2.39. The van der Waals surface area contributed by atoms with E-state index in [1.165, 1.54) is 7.11 Å². The molecule has 3 aliphatic heterocycles. The van der Waals surface area contributed by atoms with Crippen molar-refractivity contribution in [3.8, 4) is 23.0 Å². The standard InChI is InChI=1S/C29H34N2O8/c1-3-37-21-7-5-19(17-23(21)35-2)26-25(27(32)20-6-8-22-24(18-20)39-16-15-38-22)28(33)29(34)31(26)10-4-9-30-11-13-36-14-12-30/h5-8,17-18,26,32H,3-4,9-16H2,1-2H3/b27-25+/t26-/m1/s1. The lowest BCUT2D eigenvalue weighted by atomic mass is 9.94. The van der Waals surface area contributed by atoms with Crippen molar-refractivity contribution in [2.24, 2.45) is 0 Å². The van der Waals surface area contributed by atoms with Crippen LogP contribution in [-0.4, -0.2) is 92.9 Å². The van der Waals surface area contributed by atoms with Crippen LogP contribution in [0.25, 0.3) is 5.76 Å². The molecule has 1 amide bonds. The van der Waals surface area contributed by atoms with Crippen molar-refractivity contribution in [3.05, 3.63) is 53.1 Å². The molecular weight excluding hydrogens is 504 g/mol. The molecule has 2 saturated heterocycles. The third kappa shape index (κ3) is 5.53. The van der Waals surface area contributed by atoms with Gasteiger partial charge in [-0.25, -0.2) is 0 Å². The fourth-order valence-corrected chi connectivity index (χ4v) is 5.22. The van der Waals surface area contributed by atoms with Crippen molar-refractivity contribution < 1.29 is 38.4 Å². The summed E-state index contributed by atoms with van der Waals surface area (Å²) in [5.41, 5.74) is 1.03. The number of nitrogens with zero attached hydrogens (tertiary/aromatic N) is 2. The summed E-state index contributed by atoms with van der Waals surface area (Å²) in [7, 11) is 1.54. The average molecular weight is 539 g/mol. The van der Waals surface area contributed by atoms with Gasteiger partial charge in [-0.1, -0.05) is 6.07 Å². The predicted molar refractivity (Wildman–Crippen MR) is 142 cm³/mol. The summed E-state index contributed by atoms with van der Waals surface area (Å²) in [5.74, 6) is 0.435. The van der Waals surface area contributed by atoms with Gasteiger partial charge in [-0.05, 0) is 49.2 Å². The highest BCUT2D eigenvalue weighted by Crippen LogP contribution is 2.43. The second-order valence-corrected chi connectivity index (χ2v) is 9.50. The van der Waals surface area contributed by atoms with E-state index in [-0.39, 0.29) is 11.3 Å². The average Bonchev–Trinajstić information content (AvgIpc) is 3.22. The van der Waals surface area contributed by atoms with Crippen LogP contribution in [0, 0.1) is 0 Å². The number of morpholine rings is 1. The molecule has 10 heteroatoms. The molecule has 0 spiro atoms. The smallest absolute Gasteiger partial charge is 0.295 e. The number of likely N-dealkylation sites (tertiary alicyclic amines) is 1. The van der Waals surface area contributed by atoms with E-state index in [1.54, 1.807) is 41.3 Å². The Labute approximate surface area is 227 Å². The first-order valence-electron chi connectivity index (χ1n) is 13.3. The molecular formula is C29H34N2O8. The Hall–Kier alpha value is -3.76. The molecule has 5 rings (SSSR count). The Kier molecular flexibility index (Phi) is 8.23. The third-order valence-corrected chi connectivity index (χ3v) is 7.14. The van der Waals surface area contributed by atoms with Crippen LogP contribution in [0.2, 0.25) is 0 Å². The normalized spacial score (nSPS) is 20.8. The Morgan fingerprint density at radius 2 is 1.74 bits per heavy atom. The van der Waals surface area contributed by atoms with Gasteiger partial charge in [0.15, 0.2) is 23.0 Å². The van der Waals surface area contributed by atoms with E-state index >= 15 is 0 Å². The van der Waals surface area contributed by atoms with E-state index in [2.05, 4.69) is 4.90 Å². The topological polar surface area (TPSA) is 107 Å². The van der Waals surface area contributed by atoms with E-state index in [9.17, 15) is 14.7 Å². The highest BCUT2D eigenvalue weighted by atomic mass is 16.6. The number of hydrogen-bond acceptors (Lipinski definition) is 9. The van der Waals surface area contributed by atoms with Crippen molar-refractivity contribution in [2.75, 3.05) is 66.3 Å². The lowest BCUT2D eigenvalue weighted by Gasteiger charge is -2.29. The van der Waals surface area contributed by atoms with Gasteiger partial charge in [0.1, 0.15) is 19.0 Å². The summed E-state index contributed by atoms with van der Waals surface area (Å²) in [6.45, 7) is 7.32. The summed E-state index contributed by atoms with van der Waals surface area (Å²) in [5, 5.41) is 11.5. The zero-order chi connectivity index (χ0) is 27.4. The van der Waals surface area contributed by atoms with Gasteiger partial charge < -0.3 is 33.7 Å². The minimum Gasteiger partial charge on any atom is -0.507 e. The number of Topliss-reactive ketones (excluding diaryl/α,β-unsaturated/α-hetero) is 1. The van der Waals surface area contributed by atoms with Crippen LogP contribution in [0.15, 0.2) is 42.0 Å². The van der Waals surface area contributed by atoms with Crippen molar-refractivity contribution in [2.45, 2.75) is 19.4 Å². The minimum absolute atomic E-state index is 0.0225. The molecule has 0 bridgehead atoms. The monoisotopic (exact) mass is 538 g/mol. The maximum absolute atomic E-state index is 13.4. The number of carbonyl (C=O) groups is 2. The molecule has 2 fully saturated rings. The highest BCUT2D eigenvalue weighted by Gasteiger charge is 2.46. The van der Waals surface area contributed by atoms with Crippen molar-refractivity contribution in [3.63, 3.8) is 0 Å². The summed E-state index contributed by atoms with van der Waals surface area (Å²) in [4.78, 5) is 30.6. The van der Waals surface area contributed by atoms with Crippen LogP contribution in [-0.2, 0) is 14.3 Å². The Morgan fingerprint density at radius 1 is 0.974 bits per heavy atom. The molecule has 0 saturated carbocycles. The maximum atomic E-state index is 13.4. The van der Waals surface area contributed by atoms with Crippen molar-refractivity contribution in [1.82, 2.24) is 9.80 Å². The quantitative estimate of drug-likeness (QED) is 0.293. The molecule has 1 N–H and O–H groups in total. The number of aliphatic hydroxyl groups is 1. The van der Waals surface area contributed by atoms with Crippen LogP contribution in [0.4, 0.5) is 0 Å². The van der Waals surface area contributed by atoms with Gasteiger partial charge >= 0.3 is 0 Å². The fraction of sp³-hybridized carbons (Fsp3) is 0.448. The van der Waals surface area contributed by atoms with Crippen LogP contribution >= 0.6 is 0 Å². The number of amides is 1. The molecule has 208 valence electrons. The zero-order valence-electron chi connectivity index (χ0n) is 22.3. The molecule has 3 aliphatic rings. The number of rotatable bonds is 9. The molecule has 2 aromatic carbocycles.